The van der Waals surface area contributed by atoms with Gasteiger partial charge in [0.1, 0.15) is 38.8 Å². The van der Waals surface area contributed by atoms with Crippen LogP contribution in [-0.4, -0.2) is 85.0 Å². The molecule has 3 aliphatic heterocycles. The first-order chi connectivity index (χ1) is 26.4. The molecule has 0 radical (unpaired) electrons. The van der Waals surface area contributed by atoms with Gasteiger partial charge in [-0.2, -0.15) is 0 Å². The van der Waals surface area contributed by atoms with Crippen molar-refractivity contribution in [1.82, 2.24) is 25.2 Å². The number of carbonyl (C=O) groups is 5. The van der Waals surface area contributed by atoms with Gasteiger partial charge in [-0.15, -0.1) is 11.3 Å². The van der Waals surface area contributed by atoms with Crippen LogP contribution in [0.1, 0.15) is 76.8 Å². The highest BCUT2D eigenvalue weighted by Gasteiger charge is 2.62. The van der Waals surface area contributed by atoms with Gasteiger partial charge in [0, 0.05) is 24.4 Å². The number of amides is 5. The van der Waals surface area contributed by atoms with Crippen molar-refractivity contribution in [1.29, 1.82) is 0 Å². The van der Waals surface area contributed by atoms with E-state index in [1.54, 1.807) is 18.2 Å². The van der Waals surface area contributed by atoms with E-state index in [4.69, 9.17) is 32.7 Å². The van der Waals surface area contributed by atoms with Gasteiger partial charge in [-0.25, -0.2) is 27.1 Å². The van der Waals surface area contributed by atoms with E-state index < -0.39 is 80.3 Å². The molecule has 1 aromatic heterocycles. The smallest absolute Gasteiger partial charge is 0.410 e. The molecule has 3 N–H and O–H groups in total. The van der Waals surface area contributed by atoms with Gasteiger partial charge in [-0.3, -0.25) is 19.3 Å². The molecule has 0 spiro atoms. The van der Waals surface area contributed by atoms with Gasteiger partial charge < -0.3 is 25.0 Å². The second-order valence-corrected chi connectivity index (χ2v) is 19.7. The van der Waals surface area contributed by atoms with E-state index in [9.17, 15) is 36.8 Å². The van der Waals surface area contributed by atoms with E-state index in [1.807, 2.05) is 31.6 Å². The van der Waals surface area contributed by atoms with Crippen molar-refractivity contribution in [3.05, 3.63) is 62.0 Å². The molecule has 19 heteroatoms. The number of hydrogen-bond acceptors (Lipinski definition) is 10. The van der Waals surface area contributed by atoms with Crippen molar-refractivity contribution in [3.63, 3.8) is 0 Å². The van der Waals surface area contributed by atoms with Gasteiger partial charge >= 0.3 is 12.2 Å². The fourth-order valence-corrected chi connectivity index (χ4v) is 10.3. The SMILES string of the molecule is CC(C)(C)COC(=O)N[C@H]1CCCCC/C=C\[C@H]2C[C@@]2(C(=O)NS(=O)(=O)c2cc(Cl)sc2Cl)NC(=O)[C@@H]2C[C@@H](OC(=O)N3Cc4cccc(F)c4C3)CN2C1=O. The van der Waals surface area contributed by atoms with E-state index in [-0.39, 0.29) is 59.6 Å². The molecule has 1 aromatic carbocycles. The molecular formula is C37H44Cl2FN5O9S2. The average Bonchev–Trinajstić information content (AvgIpc) is 3.42. The number of ether oxygens (including phenoxy) is 2. The minimum absolute atomic E-state index is 0.0268. The lowest BCUT2D eigenvalue weighted by atomic mass is 9.99. The Kier molecular flexibility index (Phi) is 12.3. The number of carbonyl (C=O) groups excluding carboxylic acids is 5. The minimum atomic E-state index is -4.51. The second kappa shape index (κ2) is 16.5. The van der Waals surface area contributed by atoms with Crippen LogP contribution < -0.4 is 15.4 Å². The number of nitrogens with one attached hydrogen (secondary N) is 3. The third-order valence-electron chi connectivity index (χ3n) is 10.2. The molecule has 2 aromatic rings. The summed E-state index contributed by atoms with van der Waals surface area (Å²) in [5, 5.41) is 5.41. The molecule has 1 saturated carbocycles. The largest absolute Gasteiger partial charge is 0.449 e. The lowest BCUT2D eigenvalue weighted by Crippen LogP contribution is -2.58. The van der Waals surface area contributed by atoms with Crippen molar-refractivity contribution in [2.75, 3.05) is 13.2 Å². The highest BCUT2D eigenvalue weighted by molar-refractivity contribution is 7.90. The molecule has 2 fully saturated rings. The summed E-state index contributed by atoms with van der Waals surface area (Å²) in [5.41, 5.74) is -1.06. The van der Waals surface area contributed by atoms with Crippen LogP contribution in [0, 0.1) is 17.2 Å². The number of thiophene rings is 1. The first-order valence-corrected chi connectivity index (χ1v) is 21.4. The molecule has 1 aliphatic carbocycles. The molecule has 304 valence electrons. The molecule has 4 heterocycles. The quantitative estimate of drug-likeness (QED) is 0.309. The van der Waals surface area contributed by atoms with Gasteiger partial charge in [0.15, 0.2) is 0 Å². The summed E-state index contributed by atoms with van der Waals surface area (Å²) >= 11 is 12.9. The maximum Gasteiger partial charge on any atom is 0.410 e. The Balaban J connectivity index is 1.26. The fourth-order valence-electron chi connectivity index (χ4n) is 7.13. The van der Waals surface area contributed by atoms with E-state index in [0.717, 1.165) is 17.4 Å². The van der Waals surface area contributed by atoms with Crippen molar-refractivity contribution in [2.45, 2.75) is 107 Å². The molecule has 5 amide bonds. The Labute approximate surface area is 338 Å². The highest BCUT2D eigenvalue weighted by Crippen LogP contribution is 2.46. The van der Waals surface area contributed by atoms with Gasteiger partial charge in [-0.05, 0) is 48.8 Å². The number of hydrogen-bond donors (Lipinski definition) is 3. The maximum atomic E-state index is 14.5. The summed E-state index contributed by atoms with van der Waals surface area (Å²) in [6, 6.07) is 3.27. The Hall–Kier alpha value is -3.93. The van der Waals surface area contributed by atoms with Gasteiger partial charge in [0.25, 0.3) is 15.9 Å². The van der Waals surface area contributed by atoms with Gasteiger partial charge in [0.05, 0.1) is 24.0 Å². The summed E-state index contributed by atoms with van der Waals surface area (Å²) in [7, 11) is -4.51. The lowest BCUT2D eigenvalue weighted by Gasteiger charge is -2.30. The van der Waals surface area contributed by atoms with Crippen molar-refractivity contribution >= 4 is 74.5 Å². The molecular weight excluding hydrogens is 812 g/mol. The van der Waals surface area contributed by atoms with E-state index in [1.165, 1.54) is 15.9 Å². The van der Waals surface area contributed by atoms with Crippen LogP contribution in [0.25, 0.3) is 0 Å². The van der Waals surface area contributed by atoms with Crippen LogP contribution in [0.15, 0.2) is 41.3 Å². The van der Waals surface area contributed by atoms with E-state index in [0.29, 0.717) is 36.8 Å². The number of nitrogens with zero attached hydrogens (tertiary/aromatic N) is 2. The zero-order chi connectivity index (χ0) is 40.6. The topological polar surface area (TPSA) is 181 Å². The number of halogens is 3. The monoisotopic (exact) mass is 855 g/mol. The lowest BCUT2D eigenvalue weighted by molar-refractivity contribution is -0.141. The third-order valence-corrected chi connectivity index (χ3v) is 13.3. The third kappa shape index (κ3) is 9.43. The molecule has 6 rings (SSSR count). The summed E-state index contributed by atoms with van der Waals surface area (Å²) in [4.78, 5) is 71.1. The van der Waals surface area contributed by atoms with Crippen LogP contribution in [-0.2, 0) is 47.0 Å². The Morgan fingerprint density at radius 2 is 1.89 bits per heavy atom. The highest BCUT2D eigenvalue weighted by atomic mass is 35.5. The van der Waals surface area contributed by atoms with Crippen LogP contribution in [0.3, 0.4) is 0 Å². The van der Waals surface area contributed by atoms with Gasteiger partial charge in [-0.1, -0.05) is 81.1 Å². The number of benzene rings is 1. The molecule has 14 nitrogen and oxygen atoms in total. The number of fused-ring (bicyclic) bond motifs is 3. The van der Waals surface area contributed by atoms with Crippen molar-refractivity contribution < 1.29 is 46.3 Å². The first-order valence-electron chi connectivity index (χ1n) is 18.3. The predicted molar refractivity (Wildman–Crippen MR) is 205 cm³/mol. The summed E-state index contributed by atoms with van der Waals surface area (Å²) in [5.74, 6) is -3.47. The Bertz CT molecular complexity index is 2040. The summed E-state index contributed by atoms with van der Waals surface area (Å²) in [6.45, 7) is 5.58. The summed E-state index contributed by atoms with van der Waals surface area (Å²) < 4.78 is 54.2. The zero-order valence-electron chi connectivity index (χ0n) is 31.1. The molecule has 5 atom stereocenters. The van der Waals surface area contributed by atoms with Gasteiger partial charge in [0.2, 0.25) is 11.8 Å². The number of sulfonamides is 1. The molecule has 0 unspecified atom stereocenters. The van der Waals surface area contributed by atoms with Crippen LogP contribution >= 0.6 is 34.5 Å². The standard InChI is InChI=1S/C37H44Cl2FN5O9S2/c1-36(2,3)20-53-34(49)41-26-13-8-6-4-5-7-11-22-16-37(22,33(48)43-56(51,52)28-15-29(38)55-30(28)39)42-31(46)27-14-23(18-45(27)32(26)47)54-35(50)44-17-21-10-9-12-25(40)24(21)19-44/h7,9-12,15,22-23,26-27H,4-6,8,13-14,16-20H2,1-3H3,(H,41,49)(H,42,46)(H,43,48)/b11-7-/t22-,23+,26-,27-,37+/m0/s1. The normalized spacial score (nSPS) is 26.1. The van der Waals surface area contributed by atoms with Crippen LogP contribution in [0.5, 0.6) is 0 Å². The van der Waals surface area contributed by atoms with E-state index >= 15 is 0 Å². The minimum Gasteiger partial charge on any atom is -0.449 e. The molecule has 1 saturated heterocycles. The Morgan fingerprint density at radius 3 is 2.59 bits per heavy atom. The van der Waals surface area contributed by atoms with E-state index in [2.05, 4.69) is 10.6 Å². The number of allylic oxidation sites excluding steroid dienone is 1. The van der Waals surface area contributed by atoms with Crippen LogP contribution in [0.2, 0.25) is 8.67 Å². The van der Waals surface area contributed by atoms with Crippen molar-refractivity contribution in [2.24, 2.45) is 11.3 Å². The first kappa shape index (κ1) is 41.7. The van der Waals surface area contributed by atoms with Crippen molar-refractivity contribution in [3.8, 4) is 0 Å². The predicted octanol–water partition coefficient (Wildman–Crippen LogP) is 5.66. The number of alkyl carbamates (subject to hydrolysis) is 1. The average molecular weight is 857 g/mol. The molecule has 4 aliphatic rings. The second-order valence-electron chi connectivity index (χ2n) is 15.8. The summed E-state index contributed by atoms with van der Waals surface area (Å²) in [6.07, 6.45) is 3.68. The van der Waals surface area contributed by atoms with Crippen LogP contribution in [0.4, 0.5) is 14.0 Å². The molecule has 56 heavy (non-hydrogen) atoms. The molecule has 0 bridgehead atoms. The number of rotatable bonds is 6. The Morgan fingerprint density at radius 1 is 1.12 bits per heavy atom. The fraction of sp³-hybridized carbons (Fsp3) is 0.541. The maximum absolute atomic E-state index is 14.5. The zero-order valence-corrected chi connectivity index (χ0v) is 34.2.